The lowest BCUT2D eigenvalue weighted by molar-refractivity contribution is 0.125. The van der Waals surface area contributed by atoms with Gasteiger partial charge in [-0.05, 0) is 46.7 Å². The van der Waals surface area contributed by atoms with E-state index in [0.29, 0.717) is 12.1 Å². The first-order valence-electron chi connectivity index (χ1n) is 6.98. The Labute approximate surface area is 111 Å². The zero-order chi connectivity index (χ0) is 13.6. The molecule has 1 saturated heterocycles. The molecule has 0 saturated carbocycles. The molecule has 18 heavy (non-hydrogen) atoms. The van der Waals surface area contributed by atoms with Crippen LogP contribution in [0.5, 0.6) is 0 Å². The fourth-order valence-electron chi connectivity index (χ4n) is 2.50. The number of rotatable bonds is 7. The highest BCUT2D eigenvalue weighted by Gasteiger charge is 2.30. The van der Waals surface area contributed by atoms with Crippen molar-refractivity contribution in [3.63, 3.8) is 0 Å². The van der Waals surface area contributed by atoms with Crippen LogP contribution < -0.4 is 5.32 Å². The van der Waals surface area contributed by atoms with Gasteiger partial charge in [-0.3, -0.25) is 10.2 Å². The van der Waals surface area contributed by atoms with E-state index >= 15 is 0 Å². The summed E-state index contributed by atoms with van der Waals surface area (Å²) in [5.41, 5.74) is -0.427. The van der Waals surface area contributed by atoms with E-state index in [1.165, 1.54) is 0 Å². The number of hydrogen-bond donors (Lipinski definition) is 1. The van der Waals surface area contributed by atoms with Gasteiger partial charge in [0.25, 0.3) is 0 Å². The van der Waals surface area contributed by atoms with Gasteiger partial charge < -0.3 is 4.74 Å². The third-order valence-electron chi connectivity index (χ3n) is 3.89. The molecule has 1 rings (SSSR count). The van der Waals surface area contributed by atoms with Gasteiger partial charge in [0.15, 0.2) is 0 Å². The first-order valence-corrected chi connectivity index (χ1v) is 6.98. The van der Waals surface area contributed by atoms with E-state index in [1.54, 1.807) is 0 Å². The van der Waals surface area contributed by atoms with Crippen LogP contribution in [-0.4, -0.2) is 49.3 Å². The SMILES string of the molecule is CCCNC(C)(C#N)CC(C)N(C)C1CCOC1. The van der Waals surface area contributed by atoms with E-state index in [4.69, 9.17) is 4.74 Å². The predicted octanol–water partition coefficient (Wildman–Crippen LogP) is 1.77. The molecule has 0 aliphatic carbocycles. The fraction of sp³-hybridized carbons (Fsp3) is 0.929. The summed E-state index contributed by atoms with van der Waals surface area (Å²) in [5.74, 6) is 0. The van der Waals surface area contributed by atoms with Crippen LogP contribution in [0, 0.1) is 11.3 Å². The number of nitrogens with zero attached hydrogens (tertiary/aromatic N) is 2. The molecule has 3 atom stereocenters. The van der Waals surface area contributed by atoms with Crippen molar-refractivity contribution >= 4 is 0 Å². The Morgan fingerprint density at radius 1 is 1.61 bits per heavy atom. The molecule has 0 aromatic carbocycles. The highest BCUT2D eigenvalue weighted by molar-refractivity contribution is 5.05. The van der Waals surface area contributed by atoms with Crippen molar-refractivity contribution in [2.24, 2.45) is 0 Å². The topological polar surface area (TPSA) is 48.3 Å². The van der Waals surface area contributed by atoms with Gasteiger partial charge in [0.2, 0.25) is 0 Å². The Bertz CT molecular complexity index is 283. The Morgan fingerprint density at radius 3 is 2.83 bits per heavy atom. The molecular weight excluding hydrogens is 226 g/mol. The Balaban J connectivity index is 2.50. The first kappa shape index (κ1) is 15.4. The number of nitrogens with one attached hydrogen (secondary N) is 1. The Hall–Kier alpha value is -0.630. The van der Waals surface area contributed by atoms with E-state index in [-0.39, 0.29) is 0 Å². The van der Waals surface area contributed by atoms with Crippen LogP contribution in [0.25, 0.3) is 0 Å². The maximum atomic E-state index is 9.35. The van der Waals surface area contributed by atoms with Crippen LogP contribution in [0.2, 0.25) is 0 Å². The number of nitriles is 1. The number of hydrogen-bond acceptors (Lipinski definition) is 4. The molecule has 0 amide bonds. The Kier molecular flexibility index (Phi) is 6.07. The van der Waals surface area contributed by atoms with Gasteiger partial charge >= 0.3 is 0 Å². The number of likely N-dealkylation sites (N-methyl/N-ethyl adjacent to an activating group) is 1. The molecule has 1 aliphatic heterocycles. The zero-order valence-corrected chi connectivity index (χ0v) is 12.2. The Morgan fingerprint density at radius 2 is 2.33 bits per heavy atom. The van der Waals surface area contributed by atoms with Crippen LogP contribution in [0.1, 0.15) is 40.0 Å². The summed E-state index contributed by atoms with van der Waals surface area (Å²) in [7, 11) is 2.14. The molecule has 0 bridgehead atoms. The second-order valence-corrected chi connectivity index (χ2v) is 5.61. The van der Waals surface area contributed by atoms with Crippen LogP contribution >= 0.6 is 0 Å². The summed E-state index contributed by atoms with van der Waals surface area (Å²) in [4.78, 5) is 2.36. The summed E-state index contributed by atoms with van der Waals surface area (Å²) in [6.07, 6.45) is 3.00. The molecule has 0 aromatic rings. The van der Waals surface area contributed by atoms with E-state index in [1.807, 2.05) is 6.92 Å². The summed E-state index contributed by atoms with van der Waals surface area (Å²) in [6.45, 7) is 8.90. The summed E-state index contributed by atoms with van der Waals surface area (Å²) in [5, 5.41) is 12.7. The van der Waals surface area contributed by atoms with Gasteiger partial charge in [0.1, 0.15) is 5.54 Å². The normalized spacial score (nSPS) is 24.8. The van der Waals surface area contributed by atoms with Gasteiger partial charge in [-0.25, -0.2) is 0 Å². The number of ether oxygens (including phenoxy) is 1. The molecule has 1 heterocycles. The smallest absolute Gasteiger partial charge is 0.105 e. The van der Waals surface area contributed by atoms with Crippen LogP contribution in [0.15, 0.2) is 0 Å². The summed E-state index contributed by atoms with van der Waals surface area (Å²) < 4.78 is 5.43. The molecular formula is C14H27N3O. The van der Waals surface area contributed by atoms with Gasteiger partial charge in [-0.1, -0.05) is 6.92 Å². The highest BCUT2D eigenvalue weighted by atomic mass is 16.5. The monoisotopic (exact) mass is 253 g/mol. The molecule has 1 aliphatic rings. The van der Waals surface area contributed by atoms with E-state index in [9.17, 15) is 5.26 Å². The van der Waals surface area contributed by atoms with E-state index in [2.05, 4.69) is 37.2 Å². The van der Waals surface area contributed by atoms with Crippen LogP contribution in [0.3, 0.4) is 0 Å². The van der Waals surface area contributed by atoms with Crippen molar-refractivity contribution in [3.8, 4) is 6.07 Å². The third-order valence-corrected chi connectivity index (χ3v) is 3.89. The predicted molar refractivity (Wildman–Crippen MR) is 73.4 cm³/mol. The van der Waals surface area contributed by atoms with Crippen molar-refractivity contribution in [2.45, 2.75) is 57.7 Å². The van der Waals surface area contributed by atoms with Crippen LogP contribution in [0.4, 0.5) is 0 Å². The molecule has 0 spiro atoms. The summed E-state index contributed by atoms with van der Waals surface area (Å²) >= 11 is 0. The van der Waals surface area contributed by atoms with Gasteiger partial charge in [0, 0.05) is 18.7 Å². The van der Waals surface area contributed by atoms with Crippen molar-refractivity contribution in [3.05, 3.63) is 0 Å². The molecule has 104 valence electrons. The summed E-state index contributed by atoms with van der Waals surface area (Å²) in [6, 6.07) is 3.31. The van der Waals surface area contributed by atoms with E-state index in [0.717, 1.165) is 39.0 Å². The highest BCUT2D eigenvalue weighted by Crippen LogP contribution is 2.20. The lowest BCUT2D eigenvalue weighted by atomic mass is 9.93. The molecule has 1 N–H and O–H groups in total. The van der Waals surface area contributed by atoms with E-state index < -0.39 is 5.54 Å². The van der Waals surface area contributed by atoms with Crippen molar-refractivity contribution in [2.75, 3.05) is 26.8 Å². The quantitative estimate of drug-likeness (QED) is 0.751. The molecule has 4 nitrogen and oxygen atoms in total. The maximum Gasteiger partial charge on any atom is 0.105 e. The molecule has 0 radical (unpaired) electrons. The third kappa shape index (κ3) is 4.24. The van der Waals surface area contributed by atoms with Crippen molar-refractivity contribution < 1.29 is 4.74 Å². The largest absolute Gasteiger partial charge is 0.380 e. The molecule has 1 fully saturated rings. The first-order chi connectivity index (χ1) is 8.52. The average Bonchev–Trinajstić information content (AvgIpc) is 2.89. The maximum absolute atomic E-state index is 9.35. The lowest BCUT2D eigenvalue weighted by Crippen LogP contribution is -2.48. The second-order valence-electron chi connectivity index (χ2n) is 5.61. The standard InChI is InChI=1S/C14H27N3O/c1-5-7-16-14(3,11-15)9-12(2)17(4)13-6-8-18-10-13/h12-13,16H,5-10H2,1-4H3. The molecule has 0 aromatic heterocycles. The minimum Gasteiger partial charge on any atom is -0.380 e. The van der Waals surface area contributed by atoms with Crippen molar-refractivity contribution in [1.82, 2.24) is 10.2 Å². The molecule has 4 heteroatoms. The molecule has 3 unspecified atom stereocenters. The zero-order valence-electron chi connectivity index (χ0n) is 12.2. The van der Waals surface area contributed by atoms with Gasteiger partial charge in [0.05, 0.1) is 12.7 Å². The average molecular weight is 253 g/mol. The minimum atomic E-state index is -0.427. The minimum absolute atomic E-state index is 0.380. The van der Waals surface area contributed by atoms with Gasteiger partial charge in [-0.2, -0.15) is 5.26 Å². The lowest BCUT2D eigenvalue weighted by Gasteiger charge is -2.34. The van der Waals surface area contributed by atoms with Gasteiger partial charge in [-0.15, -0.1) is 0 Å². The second kappa shape index (κ2) is 7.08. The van der Waals surface area contributed by atoms with Crippen molar-refractivity contribution in [1.29, 1.82) is 5.26 Å². The van der Waals surface area contributed by atoms with Crippen LogP contribution in [-0.2, 0) is 4.74 Å². The fourth-order valence-corrected chi connectivity index (χ4v) is 2.50.